The van der Waals surface area contributed by atoms with Crippen LogP contribution in [0.2, 0.25) is 0 Å². The van der Waals surface area contributed by atoms with Crippen molar-refractivity contribution >= 4 is 24.1 Å². The van der Waals surface area contributed by atoms with Gasteiger partial charge in [-0.1, -0.05) is 10.2 Å². The van der Waals surface area contributed by atoms with Crippen LogP contribution in [0.4, 0.5) is 9.59 Å². The Bertz CT molecular complexity index is 306. The highest BCUT2D eigenvalue weighted by atomic mass is 16.4. The van der Waals surface area contributed by atoms with Crippen LogP contribution in [0.3, 0.4) is 0 Å². The van der Waals surface area contributed by atoms with Gasteiger partial charge < -0.3 is 20.4 Å². The highest BCUT2D eigenvalue weighted by molar-refractivity contribution is 5.70. The molecule has 0 aromatic carbocycles. The molecule has 0 aromatic rings. The number of amides is 2. The first-order valence-corrected chi connectivity index (χ1v) is 4.57. The summed E-state index contributed by atoms with van der Waals surface area (Å²) in [5.41, 5.74) is 0. The lowest BCUT2D eigenvalue weighted by atomic mass is 10.2. The number of azo groups is 1. The van der Waals surface area contributed by atoms with Crippen molar-refractivity contribution in [1.29, 1.82) is 0 Å². The number of rotatable bonds is 5. The number of carbonyl (C=O) groups is 4. The van der Waals surface area contributed by atoms with Gasteiger partial charge in [0.15, 0.2) is 0 Å². The van der Waals surface area contributed by atoms with Crippen molar-refractivity contribution in [3.8, 4) is 0 Å². The minimum absolute atomic E-state index is 0.0628. The Morgan fingerprint density at radius 3 is 1.11 bits per heavy atom. The Labute approximate surface area is 101 Å². The molecule has 0 radical (unpaired) electrons. The molecule has 0 aromatic heterocycles. The monoisotopic (exact) mass is 264 g/mol. The summed E-state index contributed by atoms with van der Waals surface area (Å²) in [5, 5.41) is 36.1. The van der Waals surface area contributed by atoms with Gasteiger partial charge in [0.25, 0.3) is 0 Å². The predicted molar refractivity (Wildman–Crippen MR) is 54.6 cm³/mol. The number of carboxylic acid groups (broad SMARTS) is 4. The van der Waals surface area contributed by atoms with Crippen LogP contribution >= 0.6 is 0 Å². The van der Waals surface area contributed by atoms with Crippen LogP contribution in [-0.4, -0.2) is 44.6 Å². The molecule has 0 unspecified atom stereocenters. The highest BCUT2D eigenvalue weighted by Gasteiger charge is 1.99. The summed E-state index contributed by atoms with van der Waals surface area (Å²) in [6, 6.07) is 0. The Morgan fingerprint density at radius 2 is 0.944 bits per heavy atom. The van der Waals surface area contributed by atoms with Crippen LogP contribution in [0.15, 0.2) is 10.2 Å². The number of nitrogens with zero attached hydrogens (tertiary/aromatic N) is 2. The summed E-state index contributed by atoms with van der Waals surface area (Å²) in [4.78, 5) is 38.6. The molecule has 0 aliphatic heterocycles. The standard InChI is InChI=1S/C6H10O4.C2H2N2O4/c7-5(8)3-1-2-4-6(9)10;5-1(6)3-4-2(7)8/h1-4H2,(H,7,8)(H,9,10);(H,5,6)(H,7,8). The minimum Gasteiger partial charge on any atom is -0.481 e. The van der Waals surface area contributed by atoms with Gasteiger partial charge in [0.2, 0.25) is 0 Å². The number of carboxylic acids is 2. The van der Waals surface area contributed by atoms with Crippen LogP contribution in [0.5, 0.6) is 0 Å². The smallest absolute Gasteiger partial charge is 0.450 e. The largest absolute Gasteiger partial charge is 0.481 e. The Morgan fingerprint density at radius 1 is 0.667 bits per heavy atom. The van der Waals surface area contributed by atoms with Gasteiger partial charge in [0, 0.05) is 12.8 Å². The lowest BCUT2D eigenvalue weighted by Gasteiger charge is -1.92. The fourth-order valence-electron chi connectivity index (χ4n) is 0.638. The predicted octanol–water partition coefficient (Wildman–Crippen LogP) is 1.51. The molecule has 0 spiro atoms. The zero-order chi connectivity index (χ0) is 14.6. The summed E-state index contributed by atoms with van der Waals surface area (Å²) >= 11 is 0. The molecule has 0 heterocycles. The van der Waals surface area contributed by atoms with Crippen LogP contribution in [0, 0.1) is 0 Å². The third-order valence-electron chi connectivity index (χ3n) is 1.25. The number of aliphatic carboxylic acids is 2. The van der Waals surface area contributed by atoms with Crippen LogP contribution in [-0.2, 0) is 9.59 Å². The molecular formula is C8H12N2O8. The van der Waals surface area contributed by atoms with E-state index in [9.17, 15) is 19.2 Å². The molecule has 10 nitrogen and oxygen atoms in total. The van der Waals surface area contributed by atoms with Gasteiger partial charge in [-0.3, -0.25) is 9.59 Å². The van der Waals surface area contributed by atoms with E-state index in [1.807, 2.05) is 0 Å². The van der Waals surface area contributed by atoms with Crippen molar-refractivity contribution in [2.45, 2.75) is 25.7 Å². The van der Waals surface area contributed by atoms with Crippen molar-refractivity contribution in [3.05, 3.63) is 0 Å². The number of unbranched alkanes of at least 4 members (excludes halogenated alkanes) is 1. The van der Waals surface area contributed by atoms with E-state index in [1.165, 1.54) is 0 Å². The molecule has 0 bridgehead atoms. The summed E-state index contributed by atoms with van der Waals surface area (Å²) in [6.07, 6.45) is -2.22. The van der Waals surface area contributed by atoms with E-state index < -0.39 is 24.1 Å². The van der Waals surface area contributed by atoms with Gasteiger partial charge in [0.1, 0.15) is 0 Å². The SMILES string of the molecule is O=C(O)CCCCC(=O)O.O=C(O)N=NC(=O)O. The van der Waals surface area contributed by atoms with E-state index in [-0.39, 0.29) is 12.8 Å². The maximum absolute atomic E-state index is 9.90. The molecule has 0 aliphatic rings. The van der Waals surface area contributed by atoms with Crippen molar-refractivity contribution in [2.24, 2.45) is 10.2 Å². The lowest BCUT2D eigenvalue weighted by Crippen LogP contribution is -1.97. The fourth-order valence-corrected chi connectivity index (χ4v) is 0.638. The number of hydrogen-bond donors (Lipinski definition) is 4. The molecule has 10 heteroatoms. The topological polar surface area (TPSA) is 174 Å². The van der Waals surface area contributed by atoms with Crippen molar-refractivity contribution in [1.82, 2.24) is 0 Å². The van der Waals surface area contributed by atoms with E-state index in [0.29, 0.717) is 12.8 Å². The van der Waals surface area contributed by atoms with Crippen LogP contribution in [0.1, 0.15) is 25.7 Å². The third-order valence-corrected chi connectivity index (χ3v) is 1.25. The lowest BCUT2D eigenvalue weighted by molar-refractivity contribution is -0.139. The Hall–Kier alpha value is -2.52. The van der Waals surface area contributed by atoms with Gasteiger partial charge in [0.05, 0.1) is 0 Å². The molecular weight excluding hydrogens is 252 g/mol. The Balaban J connectivity index is 0. The summed E-state index contributed by atoms with van der Waals surface area (Å²) in [7, 11) is 0. The molecule has 0 fully saturated rings. The molecule has 0 saturated heterocycles. The molecule has 0 rings (SSSR count). The molecule has 0 atom stereocenters. The quantitative estimate of drug-likeness (QED) is 0.426. The van der Waals surface area contributed by atoms with Crippen molar-refractivity contribution in [2.75, 3.05) is 0 Å². The second-order valence-electron chi connectivity index (χ2n) is 2.76. The molecule has 0 saturated carbocycles. The van der Waals surface area contributed by atoms with E-state index >= 15 is 0 Å². The Kier molecular flexibility index (Phi) is 10.9. The zero-order valence-electron chi connectivity index (χ0n) is 9.14. The van der Waals surface area contributed by atoms with Crippen LogP contribution < -0.4 is 0 Å². The van der Waals surface area contributed by atoms with Gasteiger partial charge in [-0.2, -0.15) is 0 Å². The average molecular weight is 264 g/mol. The van der Waals surface area contributed by atoms with Gasteiger partial charge in [-0.25, -0.2) is 9.59 Å². The first-order valence-electron chi connectivity index (χ1n) is 4.57. The number of hydrogen-bond acceptors (Lipinski definition) is 4. The zero-order valence-corrected chi connectivity index (χ0v) is 9.14. The molecule has 0 aliphatic carbocycles. The average Bonchev–Trinajstić information content (AvgIpc) is 2.22. The van der Waals surface area contributed by atoms with E-state index in [2.05, 4.69) is 10.2 Å². The minimum atomic E-state index is -1.62. The van der Waals surface area contributed by atoms with Crippen LogP contribution in [0.25, 0.3) is 0 Å². The maximum Gasteiger partial charge on any atom is 0.450 e. The molecule has 4 N–H and O–H groups in total. The van der Waals surface area contributed by atoms with E-state index in [0.717, 1.165) is 0 Å². The van der Waals surface area contributed by atoms with E-state index in [1.54, 1.807) is 0 Å². The summed E-state index contributed by atoms with van der Waals surface area (Å²) < 4.78 is 0. The molecule has 102 valence electrons. The summed E-state index contributed by atoms with van der Waals surface area (Å²) in [6.45, 7) is 0. The van der Waals surface area contributed by atoms with Crippen molar-refractivity contribution < 1.29 is 39.6 Å². The fraction of sp³-hybridized carbons (Fsp3) is 0.500. The second-order valence-corrected chi connectivity index (χ2v) is 2.76. The maximum atomic E-state index is 9.90. The first kappa shape index (κ1) is 17.9. The second kappa shape index (κ2) is 11.0. The first-order chi connectivity index (χ1) is 8.25. The van der Waals surface area contributed by atoms with Gasteiger partial charge in [-0.05, 0) is 12.8 Å². The van der Waals surface area contributed by atoms with Gasteiger partial charge >= 0.3 is 24.1 Å². The van der Waals surface area contributed by atoms with Gasteiger partial charge in [-0.15, -0.1) is 0 Å². The summed E-state index contributed by atoms with van der Waals surface area (Å²) in [5.74, 6) is -1.74. The van der Waals surface area contributed by atoms with Crippen molar-refractivity contribution in [3.63, 3.8) is 0 Å². The molecule has 18 heavy (non-hydrogen) atoms. The molecule has 2 amide bonds. The third kappa shape index (κ3) is 23.4. The van der Waals surface area contributed by atoms with E-state index in [4.69, 9.17) is 20.4 Å². The highest BCUT2D eigenvalue weighted by Crippen LogP contribution is 1.98. The normalized spacial score (nSPS) is 9.33.